The topological polar surface area (TPSA) is 68.3 Å². The first kappa shape index (κ1) is 19.3. The number of fused-ring (bicyclic) bond motifs is 3. The van der Waals surface area contributed by atoms with E-state index in [-0.39, 0.29) is 24.5 Å². The second-order valence-electron chi connectivity index (χ2n) is 7.21. The smallest absolute Gasteiger partial charge is 0.250 e. The van der Waals surface area contributed by atoms with Crippen LogP contribution >= 0.6 is 0 Å². The van der Waals surface area contributed by atoms with Crippen LogP contribution in [0.1, 0.15) is 12.0 Å². The number of ether oxygens (including phenoxy) is 3. The Morgan fingerprint density at radius 3 is 2.62 bits per heavy atom. The summed E-state index contributed by atoms with van der Waals surface area (Å²) in [5.74, 6) is 1.10. The third kappa shape index (κ3) is 3.78. The first-order valence-electron chi connectivity index (χ1n) is 9.59. The van der Waals surface area contributed by atoms with Crippen molar-refractivity contribution in [3.8, 4) is 11.5 Å². The molecular weight excluding hydrogens is 372 g/mol. The highest BCUT2D eigenvalue weighted by Crippen LogP contribution is 2.37. The standard InChI is InChI=1S/C22H24N2O5/c1-27-14-21(25)23-13-17-11-19(23)22(26)24(18-5-3-4-6-20(18)29-17)12-15-7-9-16(28-2)10-8-15/h3-10,17,19H,11-14H2,1-2H3. The normalized spacial score (nSPS) is 20.6. The van der Waals surface area contributed by atoms with Gasteiger partial charge in [0.1, 0.15) is 30.3 Å². The number of anilines is 1. The van der Waals surface area contributed by atoms with E-state index in [4.69, 9.17) is 14.2 Å². The van der Waals surface area contributed by atoms with Crippen LogP contribution in [0.25, 0.3) is 0 Å². The predicted octanol–water partition coefficient (Wildman–Crippen LogP) is 2.24. The van der Waals surface area contributed by atoms with E-state index in [0.717, 1.165) is 11.3 Å². The lowest BCUT2D eigenvalue weighted by Crippen LogP contribution is -2.48. The molecule has 2 atom stereocenters. The molecule has 0 N–H and O–H groups in total. The number of nitrogens with zero attached hydrogens (tertiary/aromatic N) is 2. The molecule has 2 aliphatic rings. The van der Waals surface area contributed by atoms with Crippen molar-refractivity contribution in [2.75, 3.05) is 32.3 Å². The van der Waals surface area contributed by atoms with Crippen LogP contribution in [0.2, 0.25) is 0 Å². The number of carbonyl (C=O) groups is 2. The molecule has 0 spiro atoms. The van der Waals surface area contributed by atoms with Gasteiger partial charge in [0.2, 0.25) is 11.8 Å². The minimum atomic E-state index is -0.561. The lowest BCUT2D eigenvalue weighted by Gasteiger charge is -2.31. The van der Waals surface area contributed by atoms with Crippen molar-refractivity contribution < 1.29 is 23.8 Å². The van der Waals surface area contributed by atoms with Gasteiger partial charge in [-0.25, -0.2) is 0 Å². The van der Waals surface area contributed by atoms with E-state index in [0.29, 0.717) is 30.9 Å². The SMILES string of the molecule is COCC(=O)N1CC2CC1C(=O)N(Cc1ccc(OC)cc1)c1ccccc1O2. The lowest BCUT2D eigenvalue weighted by molar-refractivity contribution is -0.140. The molecule has 7 heteroatoms. The summed E-state index contributed by atoms with van der Waals surface area (Å²) in [5, 5.41) is 0. The van der Waals surface area contributed by atoms with Gasteiger partial charge in [-0.1, -0.05) is 24.3 Å². The summed E-state index contributed by atoms with van der Waals surface area (Å²) in [4.78, 5) is 29.4. The largest absolute Gasteiger partial charge is 0.497 e. The van der Waals surface area contributed by atoms with Gasteiger partial charge in [0.15, 0.2) is 0 Å². The number of likely N-dealkylation sites (tertiary alicyclic amines) is 1. The van der Waals surface area contributed by atoms with Gasteiger partial charge in [0.05, 0.1) is 25.9 Å². The van der Waals surface area contributed by atoms with Crippen LogP contribution in [0, 0.1) is 0 Å². The summed E-state index contributed by atoms with van der Waals surface area (Å²) < 4.78 is 16.4. The van der Waals surface area contributed by atoms with Gasteiger partial charge in [0.25, 0.3) is 0 Å². The zero-order valence-corrected chi connectivity index (χ0v) is 16.5. The van der Waals surface area contributed by atoms with Gasteiger partial charge in [0, 0.05) is 13.5 Å². The fourth-order valence-corrected chi connectivity index (χ4v) is 3.93. The number of para-hydroxylation sites is 2. The first-order chi connectivity index (χ1) is 14.1. The van der Waals surface area contributed by atoms with Crippen molar-refractivity contribution in [3.05, 3.63) is 54.1 Å². The number of hydrogen-bond acceptors (Lipinski definition) is 5. The van der Waals surface area contributed by atoms with Crippen molar-refractivity contribution in [1.29, 1.82) is 0 Å². The Kier molecular flexibility index (Phi) is 5.40. The van der Waals surface area contributed by atoms with Crippen LogP contribution in [-0.2, 0) is 20.9 Å². The summed E-state index contributed by atoms with van der Waals surface area (Å²) in [5.41, 5.74) is 1.67. The summed E-state index contributed by atoms with van der Waals surface area (Å²) >= 11 is 0. The molecule has 2 aliphatic heterocycles. The quantitative estimate of drug-likeness (QED) is 0.775. The monoisotopic (exact) mass is 396 g/mol. The first-order valence-corrected chi connectivity index (χ1v) is 9.59. The molecule has 29 heavy (non-hydrogen) atoms. The van der Waals surface area contributed by atoms with E-state index in [2.05, 4.69) is 0 Å². The molecule has 7 nitrogen and oxygen atoms in total. The van der Waals surface area contributed by atoms with Crippen molar-refractivity contribution in [2.24, 2.45) is 0 Å². The van der Waals surface area contributed by atoms with Gasteiger partial charge in [-0.15, -0.1) is 0 Å². The molecule has 152 valence electrons. The number of hydrogen-bond donors (Lipinski definition) is 0. The maximum atomic E-state index is 13.6. The van der Waals surface area contributed by atoms with Gasteiger partial charge >= 0.3 is 0 Å². The summed E-state index contributed by atoms with van der Waals surface area (Å²) in [7, 11) is 3.09. The molecule has 2 aromatic carbocycles. The second kappa shape index (κ2) is 8.13. The van der Waals surface area contributed by atoms with E-state index in [9.17, 15) is 9.59 Å². The number of rotatable bonds is 5. The van der Waals surface area contributed by atoms with Gasteiger partial charge in [-0.3, -0.25) is 9.59 Å². The van der Waals surface area contributed by atoms with Crippen LogP contribution in [0.3, 0.4) is 0 Å². The van der Waals surface area contributed by atoms with Crippen molar-refractivity contribution in [1.82, 2.24) is 4.90 Å². The molecule has 0 aliphatic carbocycles. The minimum Gasteiger partial charge on any atom is -0.497 e. The molecule has 0 saturated carbocycles. The maximum Gasteiger partial charge on any atom is 0.250 e. The third-order valence-electron chi connectivity index (χ3n) is 5.35. The zero-order valence-electron chi connectivity index (χ0n) is 16.5. The second-order valence-corrected chi connectivity index (χ2v) is 7.21. The van der Waals surface area contributed by atoms with Gasteiger partial charge in [-0.05, 0) is 29.8 Å². The van der Waals surface area contributed by atoms with Crippen LogP contribution in [0.5, 0.6) is 11.5 Å². The molecule has 1 fully saturated rings. The van der Waals surface area contributed by atoms with Crippen molar-refractivity contribution in [3.63, 3.8) is 0 Å². The number of carbonyl (C=O) groups excluding carboxylic acids is 2. The molecule has 2 unspecified atom stereocenters. The lowest BCUT2D eigenvalue weighted by atomic mass is 10.1. The van der Waals surface area contributed by atoms with Crippen molar-refractivity contribution in [2.45, 2.75) is 25.1 Å². The molecule has 2 aromatic rings. The van der Waals surface area contributed by atoms with Crippen LogP contribution in [0.15, 0.2) is 48.5 Å². The Hall–Kier alpha value is -3.06. The number of benzene rings is 2. The van der Waals surface area contributed by atoms with E-state index in [1.54, 1.807) is 16.9 Å². The zero-order chi connectivity index (χ0) is 20.4. The Morgan fingerprint density at radius 1 is 1.14 bits per heavy atom. The van der Waals surface area contributed by atoms with E-state index in [1.807, 2.05) is 48.5 Å². The fourth-order valence-electron chi connectivity index (χ4n) is 3.93. The molecule has 2 bridgehead atoms. The van der Waals surface area contributed by atoms with Crippen LogP contribution < -0.4 is 14.4 Å². The summed E-state index contributed by atoms with van der Waals surface area (Å²) in [6, 6.07) is 14.5. The van der Waals surface area contributed by atoms with Gasteiger partial charge < -0.3 is 24.0 Å². The molecule has 0 aromatic heterocycles. The highest BCUT2D eigenvalue weighted by molar-refractivity contribution is 6.01. The van der Waals surface area contributed by atoms with Crippen molar-refractivity contribution >= 4 is 17.5 Å². The highest BCUT2D eigenvalue weighted by atomic mass is 16.5. The summed E-state index contributed by atoms with van der Waals surface area (Å²) in [6.07, 6.45) is 0.260. The third-order valence-corrected chi connectivity index (χ3v) is 5.35. The molecule has 1 saturated heterocycles. The molecular formula is C22H24N2O5. The predicted molar refractivity (Wildman–Crippen MR) is 107 cm³/mol. The number of methoxy groups -OCH3 is 2. The number of amides is 2. The average molecular weight is 396 g/mol. The Labute approximate surface area is 169 Å². The molecule has 4 rings (SSSR count). The maximum absolute atomic E-state index is 13.6. The summed E-state index contributed by atoms with van der Waals surface area (Å²) in [6.45, 7) is 0.696. The van der Waals surface area contributed by atoms with E-state index in [1.165, 1.54) is 7.11 Å². The Morgan fingerprint density at radius 2 is 1.90 bits per heavy atom. The molecule has 2 amide bonds. The Bertz CT molecular complexity index is 898. The molecule has 0 radical (unpaired) electrons. The van der Waals surface area contributed by atoms with Gasteiger partial charge in [-0.2, -0.15) is 0 Å². The van der Waals surface area contributed by atoms with E-state index >= 15 is 0 Å². The average Bonchev–Trinajstić information content (AvgIpc) is 3.17. The fraction of sp³-hybridized carbons (Fsp3) is 0.364. The Balaban J connectivity index is 1.69. The van der Waals surface area contributed by atoms with E-state index < -0.39 is 6.04 Å². The molecule has 2 heterocycles. The minimum absolute atomic E-state index is 0.0536. The highest BCUT2D eigenvalue weighted by Gasteiger charge is 2.44. The van der Waals surface area contributed by atoms with Crippen LogP contribution in [0.4, 0.5) is 5.69 Å². The van der Waals surface area contributed by atoms with Crippen LogP contribution in [-0.4, -0.2) is 56.2 Å².